The molecule has 0 bridgehead atoms. The number of methoxy groups -OCH3 is 1. The lowest BCUT2D eigenvalue weighted by molar-refractivity contribution is 0.280. The van der Waals surface area contributed by atoms with E-state index in [1.807, 2.05) is 6.07 Å². The minimum atomic E-state index is 0.437. The Hall–Kier alpha value is -1.88. The predicted octanol–water partition coefficient (Wildman–Crippen LogP) is 3.11. The number of rotatable bonds is 5. The fraction of sp³-hybridized carbons (Fsp3) is 0.357. The normalized spacial score (nSPS) is 14.3. The van der Waals surface area contributed by atoms with Gasteiger partial charge in [0.05, 0.1) is 24.4 Å². The zero-order valence-corrected chi connectivity index (χ0v) is 11.9. The van der Waals surface area contributed by atoms with Crippen molar-refractivity contribution in [2.45, 2.75) is 12.8 Å². The van der Waals surface area contributed by atoms with Gasteiger partial charge in [0.25, 0.3) is 0 Å². The van der Waals surface area contributed by atoms with Crippen LogP contribution in [0.5, 0.6) is 11.5 Å². The molecule has 1 fully saturated rings. The molecule has 5 nitrogen and oxygen atoms in total. The van der Waals surface area contributed by atoms with E-state index in [1.165, 1.54) is 12.8 Å². The number of nitrogens with two attached hydrogens (primary N) is 1. The van der Waals surface area contributed by atoms with Crippen LogP contribution in [0.2, 0.25) is 5.02 Å². The second kappa shape index (κ2) is 5.25. The number of nitrogens with one attached hydrogen (secondary N) is 1. The maximum Gasteiger partial charge on any atom is 0.179 e. The summed E-state index contributed by atoms with van der Waals surface area (Å²) in [6.07, 6.45) is 2.46. The van der Waals surface area contributed by atoms with Crippen molar-refractivity contribution in [1.29, 1.82) is 0 Å². The fourth-order valence-electron chi connectivity index (χ4n) is 2.01. The molecule has 1 saturated carbocycles. The van der Waals surface area contributed by atoms with Crippen LogP contribution >= 0.6 is 11.6 Å². The summed E-state index contributed by atoms with van der Waals surface area (Å²) in [6.45, 7) is 0.696. The second-order valence-electron chi connectivity index (χ2n) is 4.95. The Morgan fingerprint density at radius 2 is 2.20 bits per heavy atom. The fourth-order valence-corrected chi connectivity index (χ4v) is 2.29. The average molecular weight is 294 g/mol. The molecule has 0 radical (unpaired) electrons. The van der Waals surface area contributed by atoms with Crippen molar-refractivity contribution in [3.8, 4) is 22.8 Å². The highest BCUT2D eigenvalue weighted by Crippen LogP contribution is 2.40. The van der Waals surface area contributed by atoms with E-state index in [0.29, 0.717) is 34.9 Å². The van der Waals surface area contributed by atoms with Gasteiger partial charge in [0.15, 0.2) is 11.5 Å². The van der Waals surface area contributed by atoms with Crippen LogP contribution in [-0.2, 0) is 0 Å². The van der Waals surface area contributed by atoms with E-state index in [9.17, 15) is 0 Å². The molecule has 0 amide bonds. The van der Waals surface area contributed by atoms with E-state index in [-0.39, 0.29) is 0 Å². The molecule has 1 aromatic carbocycles. The van der Waals surface area contributed by atoms with Crippen molar-refractivity contribution in [2.75, 3.05) is 19.5 Å². The molecule has 0 spiro atoms. The molecule has 1 aliphatic rings. The molecule has 3 rings (SSSR count). The summed E-state index contributed by atoms with van der Waals surface area (Å²) in [6, 6.07) is 5.44. The number of nitrogens with zero attached hydrogens (tertiary/aromatic N) is 1. The Morgan fingerprint density at radius 3 is 2.80 bits per heavy atom. The van der Waals surface area contributed by atoms with Crippen LogP contribution in [0.25, 0.3) is 11.3 Å². The topological polar surface area (TPSA) is 73.2 Å². The largest absolute Gasteiger partial charge is 0.491 e. The molecule has 0 atom stereocenters. The summed E-state index contributed by atoms with van der Waals surface area (Å²) >= 11 is 6.25. The highest BCUT2D eigenvalue weighted by atomic mass is 35.5. The molecule has 106 valence electrons. The van der Waals surface area contributed by atoms with Gasteiger partial charge in [0.1, 0.15) is 5.82 Å². The van der Waals surface area contributed by atoms with Gasteiger partial charge < -0.3 is 15.2 Å². The van der Waals surface area contributed by atoms with E-state index < -0.39 is 0 Å². The molecule has 0 saturated heterocycles. The van der Waals surface area contributed by atoms with Crippen LogP contribution < -0.4 is 15.2 Å². The molecule has 20 heavy (non-hydrogen) atoms. The van der Waals surface area contributed by atoms with Gasteiger partial charge in [-0.2, -0.15) is 5.10 Å². The number of aromatic nitrogens is 2. The molecule has 2 aromatic rings. The number of hydrogen-bond acceptors (Lipinski definition) is 4. The van der Waals surface area contributed by atoms with Crippen molar-refractivity contribution in [3.05, 3.63) is 23.2 Å². The summed E-state index contributed by atoms with van der Waals surface area (Å²) in [5, 5.41) is 7.28. The monoisotopic (exact) mass is 293 g/mol. The standard InChI is InChI=1S/C14H16ClN3O2/c1-19-14-10(15)4-9(11-6-13(16)18-17-11)5-12(14)20-7-8-2-3-8/h4-6,8H,2-3,7H2,1H3,(H3,16,17,18). The van der Waals surface area contributed by atoms with Crippen LogP contribution in [0, 0.1) is 5.92 Å². The minimum absolute atomic E-state index is 0.437. The number of nitrogen functional groups attached to an aromatic ring is 1. The lowest BCUT2D eigenvalue weighted by atomic mass is 10.1. The van der Waals surface area contributed by atoms with E-state index in [1.54, 1.807) is 19.2 Å². The summed E-state index contributed by atoms with van der Waals surface area (Å²) < 4.78 is 11.1. The first-order chi connectivity index (χ1) is 9.67. The maximum atomic E-state index is 6.25. The molecular formula is C14H16ClN3O2. The predicted molar refractivity (Wildman–Crippen MR) is 78.2 cm³/mol. The van der Waals surface area contributed by atoms with Gasteiger partial charge in [-0.05, 0) is 30.9 Å². The number of ether oxygens (including phenoxy) is 2. The van der Waals surface area contributed by atoms with E-state index in [0.717, 1.165) is 11.3 Å². The van der Waals surface area contributed by atoms with E-state index in [4.69, 9.17) is 26.8 Å². The van der Waals surface area contributed by atoms with Gasteiger partial charge in [-0.15, -0.1) is 0 Å². The molecular weight excluding hydrogens is 278 g/mol. The Labute approximate surface area is 122 Å². The smallest absolute Gasteiger partial charge is 0.179 e. The molecule has 1 aromatic heterocycles. The second-order valence-corrected chi connectivity index (χ2v) is 5.36. The first kappa shape index (κ1) is 13.1. The van der Waals surface area contributed by atoms with Crippen molar-refractivity contribution in [1.82, 2.24) is 10.2 Å². The molecule has 0 unspecified atom stereocenters. The quantitative estimate of drug-likeness (QED) is 0.888. The Balaban J connectivity index is 1.94. The van der Waals surface area contributed by atoms with Crippen molar-refractivity contribution >= 4 is 17.4 Å². The van der Waals surface area contributed by atoms with Crippen LogP contribution in [0.4, 0.5) is 5.82 Å². The Kier molecular flexibility index (Phi) is 3.44. The van der Waals surface area contributed by atoms with Crippen LogP contribution in [0.15, 0.2) is 18.2 Å². The summed E-state index contributed by atoms with van der Waals surface area (Å²) in [5.41, 5.74) is 7.28. The average Bonchev–Trinajstić information content (AvgIpc) is 3.16. The van der Waals surface area contributed by atoms with Gasteiger partial charge in [0.2, 0.25) is 0 Å². The number of aromatic amines is 1. The summed E-state index contributed by atoms with van der Waals surface area (Å²) in [4.78, 5) is 0. The first-order valence-corrected chi connectivity index (χ1v) is 6.86. The molecule has 3 N–H and O–H groups in total. The lowest BCUT2D eigenvalue weighted by Gasteiger charge is -2.13. The van der Waals surface area contributed by atoms with Crippen LogP contribution in [0.3, 0.4) is 0 Å². The van der Waals surface area contributed by atoms with Crippen molar-refractivity contribution in [2.24, 2.45) is 5.92 Å². The van der Waals surface area contributed by atoms with Crippen molar-refractivity contribution in [3.63, 3.8) is 0 Å². The molecule has 1 aliphatic carbocycles. The molecule has 0 aliphatic heterocycles. The Bertz CT molecular complexity index is 623. The van der Waals surface area contributed by atoms with Crippen LogP contribution in [-0.4, -0.2) is 23.9 Å². The number of halogens is 1. The minimum Gasteiger partial charge on any atom is -0.491 e. The highest BCUT2D eigenvalue weighted by Gasteiger charge is 2.23. The van der Waals surface area contributed by atoms with E-state index >= 15 is 0 Å². The molecule has 1 heterocycles. The third-order valence-corrected chi connectivity index (χ3v) is 3.57. The SMILES string of the molecule is COc1c(Cl)cc(-c2cc(N)n[nH]2)cc1OCC1CC1. The highest BCUT2D eigenvalue weighted by molar-refractivity contribution is 6.32. The zero-order chi connectivity index (χ0) is 14.1. The van der Waals surface area contributed by atoms with Gasteiger partial charge in [-0.3, -0.25) is 5.10 Å². The Morgan fingerprint density at radius 1 is 1.40 bits per heavy atom. The van der Waals surface area contributed by atoms with Gasteiger partial charge >= 0.3 is 0 Å². The molecule has 6 heteroatoms. The number of anilines is 1. The van der Waals surface area contributed by atoms with Crippen LogP contribution in [0.1, 0.15) is 12.8 Å². The van der Waals surface area contributed by atoms with Gasteiger partial charge in [-0.1, -0.05) is 11.6 Å². The first-order valence-electron chi connectivity index (χ1n) is 6.49. The summed E-state index contributed by atoms with van der Waals surface area (Å²) in [7, 11) is 1.58. The zero-order valence-electron chi connectivity index (χ0n) is 11.1. The number of hydrogen-bond donors (Lipinski definition) is 2. The lowest BCUT2D eigenvalue weighted by Crippen LogP contribution is -2.01. The maximum absolute atomic E-state index is 6.25. The van der Waals surface area contributed by atoms with Gasteiger partial charge in [-0.25, -0.2) is 0 Å². The van der Waals surface area contributed by atoms with Gasteiger partial charge in [0, 0.05) is 11.6 Å². The van der Waals surface area contributed by atoms with E-state index in [2.05, 4.69) is 10.2 Å². The third kappa shape index (κ3) is 2.67. The third-order valence-electron chi connectivity index (χ3n) is 3.29. The number of H-pyrrole nitrogens is 1. The number of benzene rings is 1. The van der Waals surface area contributed by atoms with Crippen molar-refractivity contribution < 1.29 is 9.47 Å². The summed E-state index contributed by atoms with van der Waals surface area (Å²) in [5.74, 6) is 2.30.